The number of amides is 1. The van der Waals surface area contributed by atoms with E-state index in [9.17, 15) is 4.79 Å². The van der Waals surface area contributed by atoms with E-state index in [4.69, 9.17) is 4.42 Å². The first kappa shape index (κ1) is 11.7. The summed E-state index contributed by atoms with van der Waals surface area (Å²) in [5, 5.41) is 2.74. The molecule has 88 valence electrons. The van der Waals surface area contributed by atoms with Crippen molar-refractivity contribution in [3.05, 3.63) is 42.1 Å². The Kier molecular flexibility index (Phi) is 3.49. The number of rotatable bonds is 3. The Morgan fingerprint density at radius 2 is 2.29 bits per heavy atom. The van der Waals surface area contributed by atoms with Gasteiger partial charge in [-0.2, -0.15) is 0 Å². The SMILES string of the molecule is CSc1cccc(NC(=O)c2ncc(C)o2)c1. The van der Waals surface area contributed by atoms with Gasteiger partial charge >= 0.3 is 5.91 Å². The van der Waals surface area contributed by atoms with Gasteiger partial charge in [0.1, 0.15) is 5.76 Å². The van der Waals surface area contributed by atoms with Crippen molar-refractivity contribution in [2.24, 2.45) is 0 Å². The molecule has 2 rings (SSSR count). The third-order valence-corrected chi connectivity index (χ3v) is 2.87. The van der Waals surface area contributed by atoms with Crippen LogP contribution in [0.25, 0.3) is 0 Å². The lowest BCUT2D eigenvalue weighted by Gasteiger charge is -2.03. The van der Waals surface area contributed by atoms with Crippen molar-refractivity contribution in [3.63, 3.8) is 0 Å². The van der Waals surface area contributed by atoms with Gasteiger partial charge in [0.05, 0.1) is 6.20 Å². The molecule has 0 saturated carbocycles. The van der Waals surface area contributed by atoms with Gasteiger partial charge in [0.25, 0.3) is 5.89 Å². The van der Waals surface area contributed by atoms with Crippen LogP contribution in [0.4, 0.5) is 5.69 Å². The second-order valence-electron chi connectivity index (χ2n) is 3.46. The number of aromatic nitrogens is 1. The van der Waals surface area contributed by atoms with Crippen molar-refractivity contribution >= 4 is 23.4 Å². The highest BCUT2D eigenvalue weighted by Crippen LogP contribution is 2.19. The van der Waals surface area contributed by atoms with Crippen LogP contribution in [0.3, 0.4) is 0 Å². The summed E-state index contributed by atoms with van der Waals surface area (Å²) < 4.78 is 5.15. The Morgan fingerprint density at radius 3 is 2.94 bits per heavy atom. The number of aryl methyl sites for hydroxylation is 1. The molecule has 0 saturated heterocycles. The van der Waals surface area contributed by atoms with E-state index in [1.807, 2.05) is 30.5 Å². The second kappa shape index (κ2) is 5.05. The van der Waals surface area contributed by atoms with E-state index in [1.54, 1.807) is 18.7 Å². The van der Waals surface area contributed by atoms with E-state index in [0.717, 1.165) is 10.6 Å². The molecular formula is C12H12N2O2S. The molecule has 1 amide bonds. The first-order chi connectivity index (χ1) is 8.19. The van der Waals surface area contributed by atoms with Gasteiger partial charge in [-0.1, -0.05) is 6.07 Å². The molecule has 17 heavy (non-hydrogen) atoms. The summed E-state index contributed by atoms with van der Waals surface area (Å²) in [7, 11) is 0. The molecule has 0 bridgehead atoms. The zero-order valence-electron chi connectivity index (χ0n) is 9.56. The fraction of sp³-hybridized carbons (Fsp3) is 0.167. The van der Waals surface area contributed by atoms with Gasteiger partial charge in [0.2, 0.25) is 0 Å². The average Bonchev–Trinajstić information content (AvgIpc) is 2.76. The van der Waals surface area contributed by atoms with Crippen molar-refractivity contribution in [1.82, 2.24) is 4.98 Å². The molecule has 1 aromatic heterocycles. The van der Waals surface area contributed by atoms with Crippen LogP contribution in [0, 0.1) is 6.92 Å². The van der Waals surface area contributed by atoms with E-state index in [0.29, 0.717) is 5.76 Å². The van der Waals surface area contributed by atoms with Crippen LogP contribution in [-0.2, 0) is 0 Å². The molecule has 0 radical (unpaired) electrons. The first-order valence-corrected chi connectivity index (χ1v) is 6.29. The van der Waals surface area contributed by atoms with Crippen LogP contribution < -0.4 is 5.32 Å². The van der Waals surface area contributed by atoms with Crippen molar-refractivity contribution in [2.75, 3.05) is 11.6 Å². The Labute approximate surface area is 103 Å². The van der Waals surface area contributed by atoms with Gasteiger partial charge in [-0.25, -0.2) is 4.98 Å². The number of carbonyl (C=O) groups excluding carboxylic acids is 1. The Hall–Kier alpha value is -1.75. The summed E-state index contributed by atoms with van der Waals surface area (Å²) in [4.78, 5) is 16.7. The van der Waals surface area contributed by atoms with Crippen molar-refractivity contribution in [3.8, 4) is 0 Å². The Balaban J connectivity index is 2.12. The molecule has 5 heteroatoms. The van der Waals surface area contributed by atoms with Gasteiger partial charge < -0.3 is 9.73 Å². The molecule has 0 unspecified atom stereocenters. The van der Waals surface area contributed by atoms with Gasteiger partial charge in [-0.05, 0) is 31.4 Å². The predicted molar refractivity (Wildman–Crippen MR) is 67.4 cm³/mol. The van der Waals surface area contributed by atoms with Crippen LogP contribution >= 0.6 is 11.8 Å². The largest absolute Gasteiger partial charge is 0.438 e. The number of nitrogens with zero attached hydrogens (tertiary/aromatic N) is 1. The molecule has 1 aromatic carbocycles. The molecule has 0 aliphatic carbocycles. The highest BCUT2D eigenvalue weighted by atomic mass is 32.2. The van der Waals surface area contributed by atoms with Crippen molar-refractivity contribution in [2.45, 2.75) is 11.8 Å². The van der Waals surface area contributed by atoms with Crippen LogP contribution in [0.2, 0.25) is 0 Å². The molecular weight excluding hydrogens is 236 g/mol. The number of benzene rings is 1. The molecule has 0 spiro atoms. The molecule has 0 aliphatic heterocycles. The van der Waals surface area contributed by atoms with E-state index < -0.39 is 0 Å². The molecule has 1 N–H and O–H groups in total. The molecule has 4 nitrogen and oxygen atoms in total. The lowest BCUT2D eigenvalue weighted by molar-refractivity contribution is 0.0989. The maximum atomic E-state index is 11.8. The van der Waals surface area contributed by atoms with E-state index in [-0.39, 0.29) is 11.8 Å². The average molecular weight is 248 g/mol. The molecule has 0 atom stereocenters. The summed E-state index contributed by atoms with van der Waals surface area (Å²) in [6.07, 6.45) is 3.51. The minimum Gasteiger partial charge on any atom is -0.438 e. The molecule has 1 heterocycles. The first-order valence-electron chi connectivity index (χ1n) is 5.07. The van der Waals surface area contributed by atoms with Crippen molar-refractivity contribution < 1.29 is 9.21 Å². The molecule has 0 aliphatic rings. The number of thioether (sulfide) groups is 1. The smallest absolute Gasteiger partial charge is 0.311 e. The fourth-order valence-corrected chi connectivity index (χ4v) is 1.80. The number of carbonyl (C=O) groups is 1. The zero-order valence-corrected chi connectivity index (χ0v) is 10.4. The normalized spacial score (nSPS) is 10.2. The van der Waals surface area contributed by atoms with Crippen LogP contribution in [0.5, 0.6) is 0 Å². The maximum absolute atomic E-state index is 11.8. The van der Waals surface area contributed by atoms with Crippen LogP contribution in [-0.4, -0.2) is 17.1 Å². The maximum Gasteiger partial charge on any atom is 0.311 e. The van der Waals surface area contributed by atoms with Crippen molar-refractivity contribution in [1.29, 1.82) is 0 Å². The summed E-state index contributed by atoms with van der Waals surface area (Å²) >= 11 is 1.62. The Bertz CT molecular complexity index is 537. The minimum absolute atomic E-state index is 0.0806. The zero-order chi connectivity index (χ0) is 12.3. The predicted octanol–water partition coefficient (Wildman–Crippen LogP) is 2.96. The lowest BCUT2D eigenvalue weighted by atomic mass is 10.3. The highest BCUT2D eigenvalue weighted by Gasteiger charge is 2.11. The number of hydrogen-bond donors (Lipinski definition) is 1. The van der Waals surface area contributed by atoms with Gasteiger partial charge in [-0.3, -0.25) is 4.79 Å². The van der Waals surface area contributed by atoms with E-state index in [2.05, 4.69) is 10.3 Å². The van der Waals surface area contributed by atoms with E-state index in [1.165, 1.54) is 6.20 Å². The summed E-state index contributed by atoms with van der Waals surface area (Å²) in [6, 6.07) is 7.60. The highest BCUT2D eigenvalue weighted by molar-refractivity contribution is 7.98. The quantitative estimate of drug-likeness (QED) is 0.848. The third-order valence-electron chi connectivity index (χ3n) is 2.14. The monoisotopic (exact) mass is 248 g/mol. The summed E-state index contributed by atoms with van der Waals surface area (Å²) in [6.45, 7) is 1.75. The number of anilines is 1. The topological polar surface area (TPSA) is 55.1 Å². The lowest BCUT2D eigenvalue weighted by Crippen LogP contribution is -2.12. The number of nitrogens with one attached hydrogen (secondary N) is 1. The minimum atomic E-state index is -0.337. The van der Waals surface area contributed by atoms with Gasteiger partial charge in [-0.15, -0.1) is 11.8 Å². The molecule has 0 fully saturated rings. The second-order valence-corrected chi connectivity index (χ2v) is 4.34. The molecule has 2 aromatic rings. The number of hydrogen-bond acceptors (Lipinski definition) is 4. The number of oxazole rings is 1. The third kappa shape index (κ3) is 2.88. The van der Waals surface area contributed by atoms with Gasteiger partial charge in [0.15, 0.2) is 0 Å². The fourth-order valence-electron chi connectivity index (χ4n) is 1.35. The Morgan fingerprint density at radius 1 is 1.47 bits per heavy atom. The van der Waals surface area contributed by atoms with Gasteiger partial charge in [0, 0.05) is 10.6 Å². The standard InChI is InChI=1S/C12H12N2O2S/c1-8-7-13-12(16-8)11(15)14-9-4-3-5-10(6-9)17-2/h3-7H,1-2H3,(H,14,15). The van der Waals surface area contributed by atoms with E-state index >= 15 is 0 Å². The summed E-state index contributed by atoms with van der Waals surface area (Å²) in [5.74, 6) is 0.362. The van der Waals surface area contributed by atoms with Crippen LogP contribution in [0.15, 0.2) is 39.8 Å². The summed E-state index contributed by atoms with van der Waals surface area (Å²) in [5.41, 5.74) is 0.734. The van der Waals surface area contributed by atoms with Crippen LogP contribution in [0.1, 0.15) is 16.4 Å².